The maximum absolute atomic E-state index is 13.9. The summed E-state index contributed by atoms with van der Waals surface area (Å²) >= 11 is 0. The average Bonchev–Trinajstić information content (AvgIpc) is 3.17. The number of ether oxygens (including phenoxy) is 3. The average molecular weight is 768 g/mol. The summed E-state index contributed by atoms with van der Waals surface area (Å²) < 4.78 is 47.9. The van der Waals surface area contributed by atoms with Gasteiger partial charge in [0, 0.05) is 31.0 Å². The van der Waals surface area contributed by atoms with Crippen LogP contribution in [0.5, 0.6) is 11.5 Å². The molecule has 4 atom stereocenters. The van der Waals surface area contributed by atoms with Crippen molar-refractivity contribution in [2.45, 2.75) is 95.2 Å². The van der Waals surface area contributed by atoms with Gasteiger partial charge in [-0.05, 0) is 84.2 Å². The number of para-hydroxylation sites is 1. The molecule has 0 spiro atoms. The highest BCUT2D eigenvalue weighted by Crippen LogP contribution is 2.49. The number of rotatable bonds is 17. The van der Waals surface area contributed by atoms with Crippen LogP contribution in [0.3, 0.4) is 0 Å². The van der Waals surface area contributed by atoms with E-state index >= 15 is 0 Å². The zero-order valence-electron chi connectivity index (χ0n) is 33.2. The molecule has 1 aliphatic heterocycles. The van der Waals surface area contributed by atoms with Gasteiger partial charge in [0.25, 0.3) is 0 Å². The van der Waals surface area contributed by atoms with E-state index in [1.165, 1.54) is 21.5 Å². The SMILES string of the molecule is C=C(C)[C@@H]1C[C@@H](c2ccc(-c3ccc(C(C)(C)C)cc3)cc2)[C@@H](CCCC)O[C@H]1c1cc(S(=O)(=O)N(C)CCCOc2ccccc2)ccc1OCC(=O)O. The number of carboxylic acid groups (broad SMARTS) is 1. The Morgan fingerprint density at radius 2 is 1.58 bits per heavy atom. The van der Waals surface area contributed by atoms with Crippen molar-refractivity contribution in [3.63, 3.8) is 0 Å². The molecule has 55 heavy (non-hydrogen) atoms. The summed E-state index contributed by atoms with van der Waals surface area (Å²) in [5, 5.41) is 9.50. The van der Waals surface area contributed by atoms with Gasteiger partial charge in [0.05, 0.1) is 23.7 Å². The lowest BCUT2D eigenvalue weighted by atomic mass is 9.74. The Hall–Kier alpha value is -4.44. The van der Waals surface area contributed by atoms with Crippen LogP contribution in [0.25, 0.3) is 11.1 Å². The fraction of sp³-hybridized carbons (Fsp3) is 0.413. The molecule has 0 aliphatic carbocycles. The minimum atomic E-state index is -3.92. The van der Waals surface area contributed by atoms with Gasteiger partial charge in [0.2, 0.25) is 10.0 Å². The number of carboxylic acids is 1. The lowest BCUT2D eigenvalue weighted by Crippen LogP contribution is -2.36. The number of benzene rings is 4. The van der Waals surface area contributed by atoms with Crippen molar-refractivity contribution in [2.75, 3.05) is 26.8 Å². The number of nitrogens with zero attached hydrogens (tertiary/aromatic N) is 1. The predicted octanol–water partition coefficient (Wildman–Crippen LogP) is 10.2. The Morgan fingerprint density at radius 1 is 0.927 bits per heavy atom. The molecule has 5 rings (SSSR count). The largest absolute Gasteiger partial charge is 0.494 e. The normalized spacial score (nSPS) is 18.9. The summed E-state index contributed by atoms with van der Waals surface area (Å²) in [6, 6.07) is 31.5. The van der Waals surface area contributed by atoms with Gasteiger partial charge in [-0.3, -0.25) is 0 Å². The molecule has 1 N–H and O–H groups in total. The van der Waals surface area contributed by atoms with Crippen LogP contribution in [0.1, 0.15) is 95.4 Å². The standard InChI is InChI=1S/C46H57NO7S/c1-8-9-16-43-40(35-19-17-33(18-20-35)34-21-23-36(24-22-34)46(4,5)6)30-39(32(2)3)45(54-43)41-29-38(25-26-42(41)53-31-44(48)49)55(50,51)47(7)27-13-28-52-37-14-11-10-12-15-37/h10-12,14-15,17-26,29,39-40,43,45H,2,8-9,13,16,27-28,30-31H2,1,3-7H3,(H,48,49)/t39-,40-,43+,45+/m0/s1. The zero-order valence-corrected chi connectivity index (χ0v) is 34.0. The Balaban J connectivity index is 1.42. The third-order valence-electron chi connectivity index (χ3n) is 10.5. The van der Waals surface area contributed by atoms with E-state index in [9.17, 15) is 18.3 Å². The van der Waals surface area contributed by atoms with E-state index in [0.717, 1.165) is 48.1 Å². The topological polar surface area (TPSA) is 102 Å². The summed E-state index contributed by atoms with van der Waals surface area (Å²) in [6.45, 7) is 15.2. The lowest BCUT2D eigenvalue weighted by Gasteiger charge is -2.43. The molecule has 4 aromatic rings. The van der Waals surface area contributed by atoms with Crippen LogP contribution in [0.2, 0.25) is 0 Å². The van der Waals surface area contributed by atoms with Gasteiger partial charge in [-0.25, -0.2) is 17.5 Å². The Bertz CT molecular complexity index is 1990. The van der Waals surface area contributed by atoms with Crippen LogP contribution < -0.4 is 9.47 Å². The van der Waals surface area contributed by atoms with Gasteiger partial charge in [0.1, 0.15) is 11.5 Å². The van der Waals surface area contributed by atoms with Crippen LogP contribution in [-0.4, -0.2) is 56.7 Å². The molecule has 0 bridgehead atoms. The van der Waals surface area contributed by atoms with Gasteiger partial charge in [-0.2, -0.15) is 0 Å². The van der Waals surface area contributed by atoms with Crippen molar-refractivity contribution in [3.05, 3.63) is 126 Å². The van der Waals surface area contributed by atoms with E-state index < -0.39 is 28.7 Å². The van der Waals surface area contributed by atoms with Crippen LogP contribution >= 0.6 is 0 Å². The maximum Gasteiger partial charge on any atom is 0.341 e. The maximum atomic E-state index is 13.9. The lowest BCUT2D eigenvalue weighted by molar-refractivity contribution is -0.139. The van der Waals surface area contributed by atoms with Gasteiger partial charge < -0.3 is 19.3 Å². The van der Waals surface area contributed by atoms with Crippen molar-refractivity contribution in [3.8, 4) is 22.6 Å². The number of unbranched alkanes of at least 4 members (excludes halogenated alkanes) is 1. The molecule has 0 unspecified atom stereocenters. The molecule has 1 heterocycles. The highest BCUT2D eigenvalue weighted by Gasteiger charge is 2.41. The van der Waals surface area contributed by atoms with Gasteiger partial charge in [-0.15, -0.1) is 0 Å². The van der Waals surface area contributed by atoms with Gasteiger partial charge >= 0.3 is 5.97 Å². The molecular formula is C46H57NO7S. The van der Waals surface area contributed by atoms with Crippen molar-refractivity contribution < 1.29 is 32.5 Å². The number of hydrogen-bond acceptors (Lipinski definition) is 6. The van der Waals surface area contributed by atoms with Crippen molar-refractivity contribution in [1.82, 2.24) is 4.31 Å². The Morgan fingerprint density at radius 3 is 2.18 bits per heavy atom. The highest BCUT2D eigenvalue weighted by molar-refractivity contribution is 7.89. The molecule has 9 heteroatoms. The van der Waals surface area contributed by atoms with E-state index in [1.54, 1.807) is 19.2 Å². The van der Waals surface area contributed by atoms with Crippen LogP contribution in [0, 0.1) is 5.92 Å². The van der Waals surface area contributed by atoms with E-state index in [0.29, 0.717) is 18.6 Å². The molecule has 0 aromatic heterocycles. The van der Waals surface area contributed by atoms with E-state index in [4.69, 9.17) is 14.2 Å². The summed E-state index contributed by atoms with van der Waals surface area (Å²) in [5.74, 6) is -0.235. The molecule has 0 radical (unpaired) electrons. The second-order valence-corrected chi connectivity index (χ2v) is 17.8. The van der Waals surface area contributed by atoms with Crippen molar-refractivity contribution in [2.24, 2.45) is 5.92 Å². The molecule has 1 aliphatic rings. The molecule has 1 fully saturated rings. The van der Waals surface area contributed by atoms with Gasteiger partial charge in [0.15, 0.2) is 6.61 Å². The Labute approximate surface area is 328 Å². The number of carbonyl (C=O) groups is 1. The molecule has 0 amide bonds. The Kier molecular flexibility index (Phi) is 14.0. The zero-order chi connectivity index (χ0) is 39.8. The third kappa shape index (κ3) is 10.7. The first-order valence-electron chi connectivity index (χ1n) is 19.3. The van der Waals surface area contributed by atoms with Gasteiger partial charge in [-0.1, -0.05) is 119 Å². The fourth-order valence-corrected chi connectivity index (χ4v) is 8.51. The molecule has 1 saturated heterocycles. The van der Waals surface area contributed by atoms with Crippen LogP contribution in [0.4, 0.5) is 0 Å². The van der Waals surface area contributed by atoms with E-state index in [1.807, 2.05) is 37.3 Å². The summed E-state index contributed by atoms with van der Waals surface area (Å²) in [7, 11) is -2.37. The third-order valence-corrected chi connectivity index (χ3v) is 12.4. The first kappa shape index (κ1) is 41.7. The number of aliphatic carboxylic acids is 1. The number of sulfonamides is 1. The fourth-order valence-electron chi connectivity index (χ4n) is 7.26. The molecule has 0 saturated carbocycles. The minimum absolute atomic E-state index is 0.0707. The summed E-state index contributed by atoms with van der Waals surface area (Å²) in [4.78, 5) is 11.7. The quantitative estimate of drug-likeness (QED) is 0.0843. The van der Waals surface area contributed by atoms with Crippen molar-refractivity contribution in [1.29, 1.82) is 0 Å². The first-order chi connectivity index (χ1) is 26.2. The molecule has 294 valence electrons. The molecule has 4 aromatic carbocycles. The van der Waals surface area contributed by atoms with E-state index in [-0.39, 0.29) is 40.5 Å². The summed E-state index contributed by atoms with van der Waals surface area (Å²) in [5.41, 5.74) is 6.27. The molecular weight excluding hydrogens is 711 g/mol. The van der Waals surface area contributed by atoms with Crippen LogP contribution in [0.15, 0.2) is 114 Å². The minimum Gasteiger partial charge on any atom is -0.494 e. The molecule has 8 nitrogen and oxygen atoms in total. The summed E-state index contributed by atoms with van der Waals surface area (Å²) in [6.07, 6.45) is 3.22. The predicted molar refractivity (Wildman–Crippen MR) is 219 cm³/mol. The van der Waals surface area contributed by atoms with Crippen molar-refractivity contribution >= 4 is 16.0 Å². The first-order valence-corrected chi connectivity index (χ1v) is 20.8. The monoisotopic (exact) mass is 767 g/mol. The van der Waals surface area contributed by atoms with Crippen LogP contribution in [-0.2, 0) is 25.0 Å². The second kappa shape index (κ2) is 18.5. The highest BCUT2D eigenvalue weighted by atomic mass is 32.2. The smallest absolute Gasteiger partial charge is 0.341 e. The second-order valence-electron chi connectivity index (χ2n) is 15.7. The number of hydrogen-bond donors (Lipinski definition) is 1. The van der Waals surface area contributed by atoms with E-state index in [2.05, 4.69) is 82.8 Å².